The van der Waals surface area contributed by atoms with Gasteiger partial charge in [0.15, 0.2) is 0 Å². The van der Waals surface area contributed by atoms with Crippen LogP contribution in [0.5, 0.6) is 0 Å². The van der Waals surface area contributed by atoms with Crippen LogP contribution in [0.2, 0.25) is 0 Å². The lowest BCUT2D eigenvalue weighted by Gasteiger charge is -2.25. The zero-order chi connectivity index (χ0) is 13.1. The predicted molar refractivity (Wildman–Crippen MR) is 71.1 cm³/mol. The van der Waals surface area contributed by atoms with Gasteiger partial charge in [0.05, 0.1) is 18.2 Å². The Morgan fingerprint density at radius 2 is 2.22 bits per heavy atom. The first kappa shape index (κ1) is 13.5. The quantitative estimate of drug-likeness (QED) is 0.886. The van der Waals surface area contributed by atoms with E-state index in [0.717, 1.165) is 24.9 Å². The number of rotatable bonds is 4. The van der Waals surface area contributed by atoms with Crippen LogP contribution in [0.4, 0.5) is 4.39 Å². The fourth-order valence-corrected chi connectivity index (χ4v) is 2.62. The van der Waals surface area contributed by atoms with Crippen molar-refractivity contribution in [2.24, 2.45) is 0 Å². The summed E-state index contributed by atoms with van der Waals surface area (Å²) in [5.74, 6) is -0.144. The number of hydrogen-bond donors (Lipinski definition) is 1. The Morgan fingerprint density at radius 1 is 1.44 bits per heavy atom. The van der Waals surface area contributed by atoms with Crippen molar-refractivity contribution in [3.8, 4) is 0 Å². The minimum atomic E-state index is -0.144. The van der Waals surface area contributed by atoms with Crippen molar-refractivity contribution < 1.29 is 9.13 Å². The highest BCUT2D eigenvalue weighted by Gasteiger charge is 2.30. The van der Waals surface area contributed by atoms with Gasteiger partial charge in [0, 0.05) is 0 Å². The Balaban J connectivity index is 2.20. The molecular weight excluding hydrogens is 229 g/mol. The topological polar surface area (TPSA) is 21.3 Å². The molecule has 18 heavy (non-hydrogen) atoms. The molecule has 1 heterocycles. The summed E-state index contributed by atoms with van der Waals surface area (Å²) in [4.78, 5) is 0. The summed E-state index contributed by atoms with van der Waals surface area (Å²) in [6, 6.07) is 5.50. The molecule has 1 fully saturated rings. The van der Waals surface area contributed by atoms with Crippen molar-refractivity contribution >= 4 is 0 Å². The Morgan fingerprint density at radius 3 is 2.78 bits per heavy atom. The summed E-state index contributed by atoms with van der Waals surface area (Å²) in [5, 5.41) is 3.46. The van der Waals surface area contributed by atoms with Crippen molar-refractivity contribution in [3.63, 3.8) is 0 Å². The molecule has 1 saturated heterocycles. The molecule has 0 radical (unpaired) electrons. The molecule has 2 nitrogen and oxygen atoms in total. The van der Waals surface area contributed by atoms with E-state index < -0.39 is 0 Å². The van der Waals surface area contributed by atoms with Gasteiger partial charge in [-0.25, -0.2) is 4.39 Å². The lowest BCUT2D eigenvalue weighted by Crippen LogP contribution is -2.32. The van der Waals surface area contributed by atoms with Crippen LogP contribution in [0, 0.1) is 12.7 Å². The van der Waals surface area contributed by atoms with Crippen LogP contribution >= 0.6 is 0 Å². The Labute approximate surface area is 109 Å². The number of hydrogen-bond acceptors (Lipinski definition) is 2. The Hall–Kier alpha value is -0.930. The molecule has 0 spiro atoms. The molecule has 1 N–H and O–H groups in total. The molecule has 0 aromatic heterocycles. The number of ether oxygens (including phenoxy) is 1. The summed E-state index contributed by atoms with van der Waals surface area (Å²) in [7, 11) is 0. The van der Waals surface area contributed by atoms with Crippen LogP contribution in [0.3, 0.4) is 0 Å². The molecule has 0 bridgehead atoms. The number of benzene rings is 1. The second-order valence-corrected chi connectivity index (χ2v) is 5.11. The van der Waals surface area contributed by atoms with E-state index in [1.807, 2.05) is 12.1 Å². The normalized spacial score (nSPS) is 25.3. The summed E-state index contributed by atoms with van der Waals surface area (Å²) in [5.41, 5.74) is 1.82. The first-order valence-corrected chi connectivity index (χ1v) is 6.76. The molecular formula is C15H22FNO. The van der Waals surface area contributed by atoms with Gasteiger partial charge in [0.1, 0.15) is 5.82 Å². The maximum atomic E-state index is 13.3. The van der Waals surface area contributed by atoms with Gasteiger partial charge < -0.3 is 10.1 Å². The van der Waals surface area contributed by atoms with E-state index in [2.05, 4.69) is 19.2 Å². The summed E-state index contributed by atoms with van der Waals surface area (Å²) in [6.07, 6.45) is 2.70. The SMILES string of the molecule is CCNC(c1ccc(F)c(C)c1)C1CCC(C)O1. The molecule has 3 atom stereocenters. The molecule has 0 amide bonds. The van der Waals surface area contributed by atoms with Crippen LogP contribution in [-0.4, -0.2) is 18.8 Å². The van der Waals surface area contributed by atoms with Crippen molar-refractivity contribution in [3.05, 3.63) is 35.1 Å². The molecule has 1 aliphatic heterocycles. The third-order valence-corrected chi connectivity index (χ3v) is 3.60. The summed E-state index contributed by atoms with van der Waals surface area (Å²) < 4.78 is 19.3. The van der Waals surface area contributed by atoms with E-state index in [4.69, 9.17) is 4.74 Å². The van der Waals surface area contributed by atoms with Gasteiger partial charge in [-0.2, -0.15) is 0 Å². The van der Waals surface area contributed by atoms with Gasteiger partial charge in [0.25, 0.3) is 0 Å². The Bertz CT molecular complexity index is 407. The number of aryl methyl sites for hydroxylation is 1. The van der Waals surface area contributed by atoms with E-state index >= 15 is 0 Å². The van der Waals surface area contributed by atoms with E-state index in [0.29, 0.717) is 11.7 Å². The second kappa shape index (κ2) is 5.81. The van der Waals surface area contributed by atoms with E-state index in [1.54, 1.807) is 13.0 Å². The van der Waals surface area contributed by atoms with Crippen LogP contribution in [0.15, 0.2) is 18.2 Å². The standard InChI is InChI=1S/C15H22FNO/c1-4-17-15(14-8-5-11(3)18-14)12-6-7-13(16)10(2)9-12/h6-7,9,11,14-15,17H,4-5,8H2,1-3H3. The fourth-order valence-electron chi connectivity index (χ4n) is 2.62. The third-order valence-electron chi connectivity index (χ3n) is 3.60. The van der Waals surface area contributed by atoms with Crippen molar-refractivity contribution in [2.45, 2.75) is 51.9 Å². The average Bonchev–Trinajstić information content (AvgIpc) is 2.76. The average molecular weight is 251 g/mol. The van der Waals surface area contributed by atoms with E-state index in [9.17, 15) is 4.39 Å². The van der Waals surface area contributed by atoms with Crippen LogP contribution < -0.4 is 5.32 Å². The van der Waals surface area contributed by atoms with Gasteiger partial charge in [-0.15, -0.1) is 0 Å². The maximum Gasteiger partial charge on any atom is 0.126 e. The third kappa shape index (κ3) is 2.90. The van der Waals surface area contributed by atoms with E-state index in [-0.39, 0.29) is 18.0 Å². The zero-order valence-corrected chi connectivity index (χ0v) is 11.4. The van der Waals surface area contributed by atoms with Gasteiger partial charge in [-0.05, 0) is 50.4 Å². The number of nitrogens with one attached hydrogen (secondary N) is 1. The Kier molecular flexibility index (Phi) is 4.36. The molecule has 0 aliphatic carbocycles. The van der Waals surface area contributed by atoms with E-state index in [1.165, 1.54) is 0 Å². The van der Waals surface area contributed by atoms with Gasteiger partial charge in [-0.1, -0.05) is 19.1 Å². The maximum absolute atomic E-state index is 13.3. The second-order valence-electron chi connectivity index (χ2n) is 5.11. The molecule has 2 rings (SSSR count). The first-order chi connectivity index (χ1) is 8.61. The van der Waals surface area contributed by atoms with Gasteiger partial charge in [-0.3, -0.25) is 0 Å². The van der Waals surface area contributed by atoms with Crippen LogP contribution in [0.1, 0.15) is 43.9 Å². The summed E-state index contributed by atoms with van der Waals surface area (Å²) >= 11 is 0. The minimum Gasteiger partial charge on any atom is -0.373 e. The zero-order valence-electron chi connectivity index (χ0n) is 11.4. The smallest absolute Gasteiger partial charge is 0.126 e. The molecule has 1 aromatic rings. The van der Waals surface area contributed by atoms with Crippen molar-refractivity contribution in [2.75, 3.05) is 6.54 Å². The highest BCUT2D eigenvalue weighted by atomic mass is 19.1. The molecule has 3 unspecified atom stereocenters. The summed E-state index contributed by atoms with van der Waals surface area (Å²) in [6.45, 7) is 6.88. The van der Waals surface area contributed by atoms with Crippen molar-refractivity contribution in [1.82, 2.24) is 5.32 Å². The minimum absolute atomic E-state index is 0.144. The molecule has 0 saturated carbocycles. The predicted octanol–water partition coefficient (Wildman–Crippen LogP) is 3.35. The number of likely N-dealkylation sites (N-methyl/N-ethyl adjacent to an activating group) is 1. The highest BCUT2D eigenvalue weighted by Crippen LogP contribution is 2.30. The monoisotopic (exact) mass is 251 g/mol. The lowest BCUT2D eigenvalue weighted by molar-refractivity contribution is 0.0319. The molecule has 100 valence electrons. The van der Waals surface area contributed by atoms with Gasteiger partial charge >= 0.3 is 0 Å². The largest absolute Gasteiger partial charge is 0.373 e. The van der Waals surface area contributed by atoms with Crippen LogP contribution in [-0.2, 0) is 4.74 Å². The van der Waals surface area contributed by atoms with Crippen molar-refractivity contribution in [1.29, 1.82) is 0 Å². The first-order valence-electron chi connectivity index (χ1n) is 6.76. The molecule has 3 heteroatoms. The highest BCUT2D eigenvalue weighted by molar-refractivity contribution is 5.27. The van der Waals surface area contributed by atoms with Crippen LogP contribution in [0.25, 0.3) is 0 Å². The lowest BCUT2D eigenvalue weighted by atomic mass is 9.97. The fraction of sp³-hybridized carbons (Fsp3) is 0.600. The molecule has 1 aliphatic rings. The van der Waals surface area contributed by atoms with Gasteiger partial charge in [0.2, 0.25) is 0 Å². The number of halogens is 1. The molecule has 1 aromatic carbocycles.